The molecule has 0 fully saturated rings. The van der Waals surface area contributed by atoms with Crippen LogP contribution in [0.15, 0.2) is 21.3 Å². The van der Waals surface area contributed by atoms with Gasteiger partial charge in [-0.25, -0.2) is 4.79 Å². The van der Waals surface area contributed by atoms with Gasteiger partial charge in [0.05, 0.1) is 0 Å². The Kier molecular flexibility index (Phi) is 3.06. The largest absolute Gasteiger partial charge is 0.422 e. The molecule has 108 valence electrons. The summed E-state index contributed by atoms with van der Waals surface area (Å²) in [7, 11) is 0. The summed E-state index contributed by atoms with van der Waals surface area (Å²) in [5.41, 5.74) is 4.04. The van der Waals surface area contributed by atoms with Crippen molar-refractivity contribution in [3.63, 3.8) is 0 Å². The lowest BCUT2D eigenvalue weighted by Crippen LogP contribution is -2.34. The van der Waals surface area contributed by atoms with Crippen LogP contribution in [-0.4, -0.2) is 16.9 Å². The van der Waals surface area contributed by atoms with Crippen LogP contribution in [0.5, 0.6) is 0 Å². The van der Waals surface area contributed by atoms with E-state index in [2.05, 4.69) is 11.0 Å². The van der Waals surface area contributed by atoms with E-state index in [1.807, 2.05) is 0 Å². The highest BCUT2D eigenvalue weighted by atomic mass is 127. The van der Waals surface area contributed by atoms with Gasteiger partial charge < -0.3 is 9.32 Å². The molecule has 4 rings (SSSR count). The van der Waals surface area contributed by atoms with Crippen LogP contribution in [0.4, 0.5) is 5.69 Å². The van der Waals surface area contributed by atoms with Crippen molar-refractivity contribution in [2.75, 3.05) is 18.0 Å². The van der Waals surface area contributed by atoms with Gasteiger partial charge in [-0.15, -0.1) is 0 Å². The minimum absolute atomic E-state index is 0.138. The van der Waals surface area contributed by atoms with Gasteiger partial charge in [-0.3, -0.25) is 4.79 Å². The van der Waals surface area contributed by atoms with Crippen LogP contribution in [0.2, 0.25) is 0 Å². The molecule has 1 aromatic heterocycles. The lowest BCUT2D eigenvalue weighted by molar-refractivity contribution is 0.110. The highest BCUT2D eigenvalue weighted by Gasteiger charge is 2.27. The first-order valence-corrected chi connectivity index (χ1v) is 8.30. The summed E-state index contributed by atoms with van der Waals surface area (Å²) in [6.45, 7) is 2.17. The zero-order valence-electron chi connectivity index (χ0n) is 11.4. The number of aryl methyl sites for hydroxylation is 2. The van der Waals surface area contributed by atoms with E-state index in [1.54, 1.807) is 28.7 Å². The van der Waals surface area contributed by atoms with Crippen molar-refractivity contribution in [1.82, 2.24) is 0 Å². The van der Waals surface area contributed by atoms with Crippen molar-refractivity contribution in [1.29, 1.82) is 0 Å². The van der Waals surface area contributed by atoms with Crippen molar-refractivity contribution in [2.24, 2.45) is 0 Å². The molecular formula is C16H14INO3. The molecule has 0 radical (unpaired) electrons. The van der Waals surface area contributed by atoms with Crippen molar-refractivity contribution in [3.05, 3.63) is 39.2 Å². The predicted octanol–water partition coefficient (Wildman–Crippen LogP) is 3.07. The molecule has 0 atom stereocenters. The number of hydrogen-bond acceptors (Lipinski definition) is 4. The number of fused-ring (bicyclic) bond motifs is 2. The first-order chi connectivity index (χ1) is 10.1. The molecule has 0 saturated heterocycles. The molecule has 2 aliphatic rings. The van der Waals surface area contributed by atoms with Gasteiger partial charge in [0.1, 0.15) is 11.1 Å². The number of benzene rings is 1. The van der Waals surface area contributed by atoms with Crippen molar-refractivity contribution < 1.29 is 9.21 Å². The maximum atomic E-state index is 12.0. The fourth-order valence-electron chi connectivity index (χ4n) is 3.58. The van der Waals surface area contributed by atoms with Gasteiger partial charge in [0.15, 0.2) is 0 Å². The Bertz CT molecular complexity index is 822. The first kappa shape index (κ1) is 13.3. The molecule has 0 aliphatic carbocycles. The van der Waals surface area contributed by atoms with Crippen molar-refractivity contribution in [3.8, 4) is 0 Å². The van der Waals surface area contributed by atoms with Gasteiger partial charge in [-0.1, -0.05) is 0 Å². The standard InChI is InChI=1S/C16H14INO3/c17-15(19)12-8-10-7-9-3-1-5-18-6-2-4-11(13(9)18)14(10)21-16(12)20/h7-8H,1-6H2. The Morgan fingerprint density at radius 2 is 1.95 bits per heavy atom. The molecule has 0 unspecified atom stereocenters. The van der Waals surface area contributed by atoms with E-state index >= 15 is 0 Å². The van der Waals surface area contributed by atoms with Crippen LogP contribution in [-0.2, 0) is 12.8 Å². The molecule has 1 aromatic carbocycles. The average molecular weight is 395 g/mol. The number of halogens is 1. The van der Waals surface area contributed by atoms with E-state index in [0.29, 0.717) is 5.58 Å². The molecule has 2 aliphatic heterocycles. The summed E-state index contributed by atoms with van der Waals surface area (Å²) < 4.78 is 5.25. The Labute approximate surface area is 135 Å². The van der Waals surface area contributed by atoms with Crippen LogP contribution in [0.1, 0.15) is 34.3 Å². The van der Waals surface area contributed by atoms with Gasteiger partial charge in [0, 0.05) is 52.3 Å². The fraction of sp³-hybridized carbons (Fsp3) is 0.375. The topological polar surface area (TPSA) is 50.5 Å². The van der Waals surface area contributed by atoms with Crippen molar-refractivity contribution >= 4 is 43.0 Å². The second-order valence-electron chi connectivity index (χ2n) is 5.70. The molecule has 5 heteroatoms. The second-order valence-corrected chi connectivity index (χ2v) is 6.68. The molecule has 3 heterocycles. The third-order valence-electron chi connectivity index (χ3n) is 4.43. The Morgan fingerprint density at radius 1 is 1.19 bits per heavy atom. The number of carbonyl (C=O) groups excluding carboxylic acids is 1. The van der Waals surface area contributed by atoms with Crippen LogP contribution >= 0.6 is 22.6 Å². The minimum atomic E-state index is -0.522. The van der Waals surface area contributed by atoms with E-state index in [1.165, 1.54) is 11.3 Å². The SMILES string of the molecule is O=C(I)c1cc2cc3c4c(c2oc1=O)CCCN4CCC3. The Morgan fingerprint density at radius 3 is 2.71 bits per heavy atom. The van der Waals surface area contributed by atoms with E-state index < -0.39 is 5.63 Å². The molecule has 4 nitrogen and oxygen atoms in total. The van der Waals surface area contributed by atoms with Crippen LogP contribution in [0.3, 0.4) is 0 Å². The zero-order valence-corrected chi connectivity index (χ0v) is 13.6. The van der Waals surface area contributed by atoms with E-state index in [9.17, 15) is 9.59 Å². The van der Waals surface area contributed by atoms with E-state index in [0.717, 1.165) is 49.7 Å². The van der Waals surface area contributed by atoms with Crippen LogP contribution in [0.25, 0.3) is 11.0 Å². The fourth-order valence-corrected chi connectivity index (χ4v) is 3.96. The molecule has 2 aromatic rings. The molecule has 0 spiro atoms. The number of nitrogens with zero attached hydrogens (tertiary/aromatic N) is 1. The Balaban J connectivity index is 2.08. The van der Waals surface area contributed by atoms with Gasteiger partial charge in [0.25, 0.3) is 0 Å². The quantitative estimate of drug-likeness (QED) is 0.423. The average Bonchev–Trinajstić information content (AvgIpc) is 2.48. The number of carbonyl (C=O) groups is 1. The monoisotopic (exact) mass is 395 g/mol. The minimum Gasteiger partial charge on any atom is -0.422 e. The van der Waals surface area contributed by atoms with E-state index in [4.69, 9.17) is 4.42 Å². The maximum absolute atomic E-state index is 12.0. The van der Waals surface area contributed by atoms with Gasteiger partial charge in [-0.2, -0.15) is 0 Å². The molecule has 0 N–H and O–H groups in total. The number of rotatable bonds is 1. The molecule has 0 amide bonds. The summed E-state index contributed by atoms with van der Waals surface area (Å²) >= 11 is 1.64. The highest BCUT2D eigenvalue weighted by molar-refractivity contribution is 14.1. The summed E-state index contributed by atoms with van der Waals surface area (Å²) in [5, 5.41) is 0.882. The lowest BCUT2D eigenvalue weighted by Gasteiger charge is -2.37. The summed E-state index contributed by atoms with van der Waals surface area (Å²) in [6, 6.07) is 3.79. The molecule has 0 saturated carbocycles. The summed E-state index contributed by atoms with van der Waals surface area (Å²) in [6.07, 6.45) is 4.24. The Hall–Kier alpha value is -1.37. The first-order valence-electron chi connectivity index (χ1n) is 7.22. The molecular weight excluding hydrogens is 381 g/mol. The summed E-state index contributed by atoms with van der Waals surface area (Å²) in [4.78, 5) is 26.0. The number of anilines is 1. The number of hydrogen-bond donors (Lipinski definition) is 0. The van der Waals surface area contributed by atoms with Crippen LogP contribution < -0.4 is 10.5 Å². The van der Waals surface area contributed by atoms with E-state index in [-0.39, 0.29) is 9.35 Å². The van der Waals surface area contributed by atoms with Crippen molar-refractivity contribution in [2.45, 2.75) is 25.7 Å². The van der Waals surface area contributed by atoms with Gasteiger partial charge in [-0.05, 0) is 43.4 Å². The third kappa shape index (κ3) is 2.01. The maximum Gasteiger partial charge on any atom is 0.348 e. The van der Waals surface area contributed by atoms with Crippen LogP contribution in [0, 0.1) is 0 Å². The van der Waals surface area contributed by atoms with Gasteiger partial charge in [0.2, 0.25) is 3.79 Å². The highest BCUT2D eigenvalue weighted by Crippen LogP contribution is 2.39. The normalized spacial score (nSPS) is 16.9. The smallest absolute Gasteiger partial charge is 0.348 e. The lowest BCUT2D eigenvalue weighted by atomic mass is 9.90. The van der Waals surface area contributed by atoms with Gasteiger partial charge >= 0.3 is 5.63 Å². The predicted molar refractivity (Wildman–Crippen MR) is 89.7 cm³/mol. The third-order valence-corrected chi connectivity index (χ3v) is 5.01. The summed E-state index contributed by atoms with van der Waals surface area (Å²) in [5.74, 6) is 0. The zero-order chi connectivity index (χ0) is 14.6. The second kappa shape index (κ2) is 4.83. The molecule has 0 bridgehead atoms. The molecule has 21 heavy (non-hydrogen) atoms.